The molecule has 0 aromatic carbocycles. The Morgan fingerprint density at radius 1 is 1.76 bits per heavy atom. The summed E-state index contributed by atoms with van der Waals surface area (Å²) >= 11 is 0. The van der Waals surface area contributed by atoms with E-state index in [0.717, 1.165) is 6.42 Å². The first-order valence-electron chi connectivity index (χ1n) is 5.80. The maximum atomic E-state index is 14.0. The second-order valence-corrected chi connectivity index (χ2v) is 4.46. The third-order valence-electron chi connectivity index (χ3n) is 3.02. The lowest BCUT2D eigenvalue weighted by Crippen LogP contribution is -2.39. The van der Waals surface area contributed by atoms with Crippen molar-refractivity contribution in [2.45, 2.75) is 31.0 Å². The second kappa shape index (κ2) is 6.12. The Labute approximate surface area is 101 Å². The average molecular weight is 245 g/mol. The van der Waals surface area contributed by atoms with E-state index in [-0.39, 0.29) is 13.0 Å². The van der Waals surface area contributed by atoms with E-state index in [2.05, 4.69) is 11.3 Å². The second-order valence-electron chi connectivity index (χ2n) is 4.46. The molecule has 4 nitrogen and oxygen atoms in total. The van der Waals surface area contributed by atoms with Crippen LogP contribution in [0, 0.1) is 0 Å². The number of ether oxygens (including phenoxy) is 1. The summed E-state index contributed by atoms with van der Waals surface area (Å²) in [7, 11) is 1.19. The number of esters is 1. The van der Waals surface area contributed by atoms with Crippen LogP contribution in [0.15, 0.2) is 12.7 Å². The number of methoxy groups -OCH3 is 1. The van der Waals surface area contributed by atoms with Crippen LogP contribution in [-0.4, -0.2) is 54.5 Å². The number of rotatable bonds is 6. The lowest BCUT2D eigenvalue weighted by atomic mass is 10.1. The van der Waals surface area contributed by atoms with E-state index < -0.39 is 17.7 Å². The van der Waals surface area contributed by atoms with Gasteiger partial charge in [-0.05, 0) is 12.8 Å². The van der Waals surface area contributed by atoms with Gasteiger partial charge in [0, 0.05) is 26.1 Å². The normalized spacial score (nSPS) is 26.8. The molecule has 0 aromatic rings. The Morgan fingerprint density at radius 2 is 2.47 bits per heavy atom. The Morgan fingerprint density at radius 3 is 3.06 bits per heavy atom. The van der Waals surface area contributed by atoms with E-state index in [0.29, 0.717) is 19.5 Å². The van der Waals surface area contributed by atoms with Gasteiger partial charge in [-0.1, -0.05) is 6.08 Å². The fourth-order valence-corrected chi connectivity index (χ4v) is 2.05. The molecule has 1 aliphatic rings. The number of β-amino-alcohol motifs (C(OH)–C–C–N with tert-alkyl or cyclic N) is 1. The molecular weight excluding hydrogens is 225 g/mol. The summed E-state index contributed by atoms with van der Waals surface area (Å²) in [6.07, 6.45) is 2.70. The van der Waals surface area contributed by atoms with Gasteiger partial charge >= 0.3 is 5.97 Å². The van der Waals surface area contributed by atoms with Crippen molar-refractivity contribution in [2.24, 2.45) is 0 Å². The van der Waals surface area contributed by atoms with Crippen molar-refractivity contribution in [1.29, 1.82) is 0 Å². The van der Waals surface area contributed by atoms with Gasteiger partial charge in [-0.15, -0.1) is 6.58 Å². The third-order valence-corrected chi connectivity index (χ3v) is 3.02. The quantitative estimate of drug-likeness (QED) is 0.558. The lowest BCUT2D eigenvalue weighted by Gasteiger charge is -2.21. The van der Waals surface area contributed by atoms with E-state index in [9.17, 15) is 14.3 Å². The van der Waals surface area contributed by atoms with Crippen LogP contribution in [0.25, 0.3) is 0 Å². The predicted molar refractivity (Wildman–Crippen MR) is 62.3 cm³/mol. The fraction of sp³-hybridized carbons (Fsp3) is 0.750. The Balaban J connectivity index is 2.39. The molecule has 1 aliphatic heterocycles. The molecule has 0 aliphatic carbocycles. The number of aliphatic hydroxyl groups excluding tert-OH is 1. The van der Waals surface area contributed by atoms with Crippen molar-refractivity contribution in [2.75, 3.05) is 26.7 Å². The van der Waals surface area contributed by atoms with Crippen molar-refractivity contribution >= 4 is 5.97 Å². The number of hydrogen-bond donors (Lipinski definition) is 1. The topological polar surface area (TPSA) is 49.8 Å². The fourth-order valence-electron chi connectivity index (χ4n) is 2.05. The van der Waals surface area contributed by atoms with Crippen LogP contribution in [0.3, 0.4) is 0 Å². The molecule has 1 saturated heterocycles. The maximum absolute atomic E-state index is 14.0. The summed E-state index contributed by atoms with van der Waals surface area (Å²) in [5, 5.41) is 9.68. The van der Waals surface area contributed by atoms with E-state index >= 15 is 0 Å². The van der Waals surface area contributed by atoms with Crippen LogP contribution >= 0.6 is 0 Å². The summed E-state index contributed by atoms with van der Waals surface area (Å²) in [6.45, 7) is 4.44. The largest absolute Gasteiger partial charge is 0.467 e. The van der Waals surface area contributed by atoms with Crippen molar-refractivity contribution < 1.29 is 19.0 Å². The summed E-state index contributed by atoms with van der Waals surface area (Å²) < 4.78 is 18.5. The predicted octanol–water partition coefficient (Wildman–Crippen LogP) is 0.901. The number of hydrogen-bond acceptors (Lipinski definition) is 4. The average Bonchev–Trinajstić information content (AvgIpc) is 2.68. The highest BCUT2D eigenvalue weighted by Crippen LogP contribution is 2.27. The minimum atomic E-state index is -1.91. The Hall–Kier alpha value is -0.940. The van der Waals surface area contributed by atoms with Crippen LogP contribution in [0.2, 0.25) is 0 Å². The first-order chi connectivity index (χ1) is 8.01. The SMILES string of the molecule is C=CCCC(O)CN1CCC(F)(C(=O)OC)C1. The molecule has 5 heteroatoms. The van der Waals surface area contributed by atoms with E-state index in [4.69, 9.17) is 0 Å². The molecule has 0 aromatic heterocycles. The standard InChI is InChI=1S/C12H20FNO3/c1-3-4-5-10(15)8-14-7-6-12(13,9-14)11(16)17-2/h3,10,15H,1,4-9H2,2H3. The van der Waals surface area contributed by atoms with E-state index in [1.54, 1.807) is 11.0 Å². The van der Waals surface area contributed by atoms with Crippen LogP contribution in [0.1, 0.15) is 19.3 Å². The highest BCUT2D eigenvalue weighted by Gasteiger charge is 2.46. The third kappa shape index (κ3) is 3.78. The van der Waals surface area contributed by atoms with Gasteiger partial charge in [0.15, 0.2) is 0 Å². The molecule has 1 fully saturated rings. The highest BCUT2D eigenvalue weighted by atomic mass is 19.1. The molecular formula is C12H20FNO3. The molecule has 2 unspecified atom stereocenters. The van der Waals surface area contributed by atoms with Crippen molar-refractivity contribution in [3.8, 4) is 0 Å². The number of likely N-dealkylation sites (tertiary alicyclic amines) is 1. The summed E-state index contributed by atoms with van der Waals surface area (Å²) in [5.41, 5.74) is -1.91. The van der Waals surface area contributed by atoms with Gasteiger partial charge < -0.3 is 9.84 Å². The zero-order valence-corrected chi connectivity index (χ0v) is 10.2. The minimum absolute atomic E-state index is 0.00478. The van der Waals surface area contributed by atoms with Crippen molar-refractivity contribution in [1.82, 2.24) is 4.90 Å². The molecule has 0 spiro atoms. The van der Waals surface area contributed by atoms with Gasteiger partial charge in [0.25, 0.3) is 0 Å². The first-order valence-corrected chi connectivity index (χ1v) is 5.80. The van der Waals surface area contributed by atoms with Crippen LogP contribution in [-0.2, 0) is 9.53 Å². The van der Waals surface area contributed by atoms with Crippen molar-refractivity contribution in [3.05, 3.63) is 12.7 Å². The van der Waals surface area contributed by atoms with Gasteiger partial charge in [-0.25, -0.2) is 9.18 Å². The maximum Gasteiger partial charge on any atom is 0.345 e. The minimum Gasteiger partial charge on any atom is -0.467 e. The first kappa shape index (κ1) is 14.1. The molecule has 2 atom stereocenters. The number of allylic oxidation sites excluding steroid dienone is 1. The van der Waals surface area contributed by atoms with E-state index in [1.165, 1.54) is 7.11 Å². The molecule has 0 radical (unpaired) electrons. The number of carbonyl (C=O) groups excluding carboxylic acids is 1. The van der Waals surface area contributed by atoms with Crippen LogP contribution < -0.4 is 0 Å². The monoisotopic (exact) mass is 245 g/mol. The lowest BCUT2D eigenvalue weighted by molar-refractivity contribution is -0.153. The molecule has 0 bridgehead atoms. The van der Waals surface area contributed by atoms with Crippen LogP contribution in [0.5, 0.6) is 0 Å². The molecule has 1 heterocycles. The summed E-state index contributed by atoms with van der Waals surface area (Å²) in [6, 6.07) is 0. The Bertz CT molecular complexity index is 285. The summed E-state index contributed by atoms with van der Waals surface area (Å²) in [5.74, 6) is -0.819. The van der Waals surface area contributed by atoms with E-state index in [1.807, 2.05) is 0 Å². The van der Waals surface area contributed by atoms with Gasteiger partial charge in [0.1, 0.15) is 0 Å². The van der Waals surface area contributed by atoms with Crippen molar-refractivity contribution in [3.63, 3.8) is 0 Å². The number of nitrogens with zero attached hydrogens (tertiary/aromatic N) is 1. The molecule has 1 N–H and O–H groups in total. The number of aliphatic hydroxyl groups is 1. The zero-order chi connectivity index (χ0) is 12.9. The smallest absolute Gasteiger partial charge is 0.345 e. The number of carbonyl (C=O) groups is 1. The molecule has 0 amide bonds. The van der Waals surface area contributed by atoms with Gasteiger partial charge in [0.05, 0.1) is 13.2 Å². The zero-order valence-electron chi connectivity index (χ0n) is 10.2. The Kier molecular flexibility index (Phi) is 5.08. The van der Waals surface area contributed by atoms with Gasteiger partial charge in [-0.3, -0.25) is 4.90 Å². The molecule has 17 heavy (non-hydrogen) atoms. The van der Waals surface area contributed by atoms with Crippen LogP contribution in [0.4, 0.5) is 4.39 Å². The molecule has 0 saturated carbocycles. The summed E-state index contributed by atoms with van der Waals surface area (Å²) in [4.78, 5) is 13.0. The number of halogens is 1. The molecule has 98 valence electrons. The van der Waals surface area contributed by atoms with Gasteiger partial charge in [-0.2, -0.15) is 0 Å². The molecule has 1 rings (SSSR count). The number of alkyl halides is 1. The highest BCUT2D eigenvalue weighted by molar-refractivity contribution is 5.80. The van der Waals surface area contributed by atoms with Gasteiger partial charge in [0.2, 0.25) is 5.67 Å².